The molecule has 3 saturated heterocycles. The maximum atomic E-state index is 13.6. The van der Waals surface area contributed by atoms with Gasteiger partial charge < -0.3 is 19.5 Å². The summed E-state index contributed by atoms with van der Waals surface area (Å²) in [5, 5.41) is 16.1. The summed E-state index contributed by atoms with van der Waals surface area (Å²) in [7, 11) is 0. The van der Waals surface area contributed by atoms with Gasteiger partial charge >= 0.3 is 6.03 Å². The first-order valence-electron chi connectivity index (χ1n) is 22.0. The highest BCUT2D eigenvalue weighted by Crippen LogP contribution is 2.44. The Morgan fingerprint density at radius 3 is 2.50 bits per heavy atom. The van der Waals surface area contributed by atoms with Gasteiger partial charge in [0, 0.05) is 60.2 Å². The van der Waals surface area contributed by atoms with Crippen LogP contribution in [0.15, 0.2) is 95.4 Å². The Balaban J connectivity index is 0.678. The number of imide groups is 1. The van der Waals surface area contributed by atoms with E-state index in [2.05, 4.69) is 43.9 Å². The van der Waals surface area contributed by atoms with Crippen molar-refractivity contribution < 1.29 is 28.4 Å². The first-order valence-corrected chi connectivity index (χ1v) is 22.0. The third-order valence-corrected chi connectivity index (χ3v) is 13.8. The number of urea groups is 1. The first kappa shape index (κ1) is 38.3. The van der Waals surface area contributed by atoms with Crippen molar-refractivity contribution in [3.05, 3.63) is 119 Å². The molecule has 64 heavy (non-hydrogen) atoms. The summed E-state index contributed by atoms with van der Waals surface area (Å²) in [5.74, 6) is 0.0510. The van der Waals surface area contributed by atoms with E-state index in [1.807, 2.05) is 77.7 Å². The van der Waals surface area contributed by atoms with E-state index >= 15 is 0 Å². The van der Waals surface area contributed by atoms with Crippen molar-refractivity contribution in [2.75, 3.05) is 42.9 Å². The molecule has 6 amide bonds. The van der Waals surface area contributed by atoms with E-state index < -0.39 is 11.9 Å². The number of amides is 6. The number of piperidine rings is 2. The monoisotopic (exact) mass is 853 g/mol. The van der Waals surface area contributed by atoms with E-state index in [0.29, 0.717) is 56.2 Å². The molecule has 3 N–H and O–H groups in total. The average Bonchev–Trinajstić information content (AvgIpc) is 3.97. The normalized spacial score (nSPS) is 19.4. The molecule has 15 nitrogen and oxygen atoms in total. The number of likely N-dealkylation sites (tertiary alicyclic amines) is 2. The van der Waals surface area contributed by atoms with Gasteiger partial charge in [0.15, 0.2) is 5.58 Å². The molecule has 15 heteroatoms. The van der Waals surface area contributed by atoms with E-state index in [-0.39, 0.29) is 42.0 Å². The molecule has 0 bridgehead atoms. The molecular weight excluding hydrogens is 811 g/mol. The van der Waals surface area contributed by atoms with Gasteiger partial charge in [-0.15, -0.1) is 0 Å². The zero-order chi connectivity index (χ0) is 43.2. The summed E-state index contributed by atoms with van der Waals surface area (Å²) in [5.41, 5.74) is 9.25. The number of hydrogen-bond donors (Lipinski definition) is 3. The highest BCUT2D eigenvalue weighted by atomic mass is 16.3. The number of nitrogens with zero attached hydrogens (tertiary/aromatic N) is 6. The number of fused-ring (bicyclic) bond motifs is 3. The Bertz CT molecular complexity index is 3110. The fourth-order valence-corrected chi connectivity index (χ4v) is 10.4. The highest BCUT2D eigenvalue weighted by Gasteiger charge is 2.42. The molecular formula is C49H43N9O6. The minimum Gasteiger partial charge on any atom is -0.440 e. The van der Waals surface area contributed by atoms with Gasteiger partial charge in [0.2, 0.25) is 23.6 Å². The smallest absolute Gasteiger partial charge is 0.322 e. The minimum atomic E-state index is -0.716. The molecule has 3 fully saturated rings. The van der Waals surface area contributed by atoms with Crippen molar-refractivity contribution in [2.45, 2.75) is 56.7 Å². The SMILES string of the molecule is O=C1CCC(N2C(=O)c3cccc4c(C5CCN(CC(=O)N6CC(c7nc8ccc(-c9n[nH]c%10cc%11c(cc9%10)CN(Cc9ccccc9)C(=O)N%11)cc8o7)C6)CC5)ccc2c34)C(=O)N1. The second kappa shape index (κ2) is 14.9. The first-order chi connectivity index (χ1) is 31.2. The van der Waals surface area contributed by atoms with Crippen molar-refractivity contribution in [1.82, 2.24) is 35.2 Å². The summed E-state index contributed by atoms with van der Waals surface area (Å²) < 4.78 is 6.32. The van der Waals surface area contributed by atoms with Crippen LogP contribution in [-0.2, 0) is 27.5 Å². The number of carbonyl (C=O) groups excluding carboxylic acids is 5. The van der Waals surface area contributed by atoms with E-state index in [0.717, 1.165) is 86.9 Å². The number of hydrogen-bond acceptors (Lipinski definition) is 9. The Hall–Kier alpha value is -7.39. The molecule has 12 rings (SSSR count). The van der Waals surface area contributed by atoms with Crippen LogP contribution in [0.3, 0.4) is 0 Å². The van der Waals surface area contributed by atoms with Crippen LogP contribution in [0.2, 0.25) is 0 Å². The lowest BCUT2D eigenvalue weighted by atomic mass is 9.85. The third-order valence-electron chi connectivity index (χ3n) is 13.8. The van der Waals surface area contributed by atoms with Crippen LogP contribution in [0.5, 0.6) is 0 Å². The molecule has 5 aliphatic rings. The van der Waals surface area contributed by atoms with E-state index in [4.69, 9.17) is 9.40 Å². The summed E-state index contributed by atoms with van der Waals surface area (Å²) >= 11 is 0. The van der Waals surface area contributed by atoms with Gasteiger partial charge in [0.25, 0.3) is 5.91 Å². The van der Waals surface area contributed by atoms with Gasteiger partial charge in [-0.2, -0.15) is 5.10 Å². The number of carbonyl (C=O) groups is 5. The molecule has 5 aromatic carbocycles. The van der Waals surface area contributed by atoms with Crippen LogP contribution in [0.25, 0.3) is 44.0 Å². The Morgan fingerprint density at radius 1 is 0.828 bits per heavy atom. The molecule has 2 aromatic heterocycles. The number of anilines is 2. The molecule has 7 aromatic rings. The van der Waals surface area contributed by atoms with Crippen LogP contribution in [0.1, 0.15) is 70.5 Å². The number of H-pyrrole nitrogens is 1. The van der Waals surface area contributed by atoms with Crippen molar-refractivity contribution >= 4 is 73.8 Å². The number of oxazole rings is 1. The van der Waals surface area contributed by atoms with Crippen molar-refractivity contribution in [3.8, 4) is 11.3 Å². The fourth-order valence-electron chi connectivity index (χ4n) is 10.4. The maximum absolute atomic E-state index is 13.6. The molecule has 0 spiro atoms. The Morgan fingerprint density at radius 2 is 1.67 bits per heavy atom. The third kappa shape index (κ3) is 6.40. The van der Waals surface area contributed by atoms with Crippen molar-refractivity contribution in [1.29, 1.82) is 0 Å². The number of aromatic amines is 1. The zero-order valence-corrected chi connectivity index (χ0v) is 34.8. The van der Waals surface area contributed by atoms with Gasteiger partial charge in [0.1, 0.15) is 17.3 Å². The lowest BCUT2D eigenvalue weighted by Gasteiger charge is -2.39. The van der Waals surface area contributed by atoms with Gasteiger partial charge in [-0.25, -0.2) is 9.78 Å². The van der Waals surface area contributed by atoms with Crippen LogP contribution in [0, 0.1) is 0 Å². The second-order valence-electron chi connectivity index (χ2n) is 17.7. The van der Waals surface area contributed by atoms with E-state index in [1.165, 1.54) is 5.56 Å². The lowest BCUT2D eigenvalue weighted by Crippen LogP contribution is -2.53. The summed E-state index contributed by atoms with van der Waals surface area (Å²) in [4.78, 5) is 77.0. The predicted octanol–water partition coefficient (Wildman–Crippen LogP) is 6.64. The maximum Gasteiger partial charge on any atom is 0.322 e. The van der Waals surface area contributed by atoms with Crippen LogP contribution >= 0.6 is 0 Å². The average molecular weight is 854 g/mol. The molecule has 0 radical (unpaired) electrons. The number of rotatable bonds is 8. The molecule has 320 valence electrons. The molecule has 5 aliphatic heterocycles. The van der Waals surface area contributed by atoms with Crippen LogP contribution in [-0.4, -0.2) is 98.3 Å². The van der Waals surface area contributed by atoms with Crippen LogP contribution < -0.4 is 15.5 Å². The molecule has 1 unspecified atom stereocenters. The Labute approximate surface area is 366 Å². The van der Waals surface area contributed by atoms with Crippen molar-refractivity contribution in [3.63, 3.8) is 0 Å². The van der Waals surface area contributed by atoms with Crippen molar-refractivity contribution in [2.24, 2.45) is 0 Å². The Kier molecular flexibility index (Phi) is 8.90. The number of benzene rings is 5. The molecule has 0 aliphatic carbocycles. The van der Waals surface area contributed by atoms with Gasteiger partial charge in [0.05, 0.1) is 23.7 Å². The number of nitrogens with one attached hydrogen (secondary N) is 3. The topological polar surface area (TPSA) is 177 Å². The van der Waals surface area contributed by atoms with Gasteiger partial charge in [-0.05, 0) is 96.7 Å². The van der Waals surface area contributed by atoms with Crippen LogP contribution in [0.4, 0.5) is 16.2 Å². The van der Waals surface area contributed by atoms with Gasteiger partial charge in [-0.1, -0.05) is 54.6 Å². The molecule has 0 saturated carbocycles. The summed E-state index contributed by atoms with van der Waals surface area (Å²) in [6.07, 6.45) is 2.26. The second-order valence-corrected chi connectivity index (χ2v) is 17.7. The number of aromatic nitrogens is 3. The minimum absolute atomic E-state index is 0.0129. The van der Waals surface area contributed by atoms with Gasteiger partial charge in [-0.3, -0.25) is 39.4 Å². The molecule has 7 heterocycles. The fraction of sp³-hybridized carbons (Fsp3) is 0.286. The molecule has 1 atom stereocenters. The lowest BCUT2D eigenvalue weighted by molar-refractivity contribution is -0.137. The largest absolute Gasteiger partial charge is 0.440 e. The standard InChI is InChI=1S/C49H43N9O6/c59-42-14-13-40(46(61)52-42)58-39-12-10-32(33-7-4-8-34(44(33)39)48(58)62)28-15-17-55(18-16-28)26-43(60)56-24-31(25-56)47-50-36-11-9-29(20-41(36)64-47)45-35-19-30-23-57(22-27-5-2-1-3-6-27)49(63)51-37(30)21-38(35)53-54-45/h1-12,19-21,28,31,40H,13-18,22-26H2,(H,51,63)(H,53,54)(H,52,59,61). The summed E-state index contributed by atoms with van der Waals surface area (Å²) in [6.45, 7) is 4.02. The summed E-state index contributed by atoms with van der Waals surface area (Å²) in [6, 6.07) is 28.9. The predicted molar refractivity (Wildman–Crippen MR) is 238 cm³/mol. The highest BCUT2D eigenvalue weighted by molar-refractivity contribution is 6.27. The quantitative estimate of drug-likeness (QED) is 0.142. The van der Waals surface area contributed by atoms with E-state index in [9.17, 15) is 24.0 Å². The van der Waals surface area contributed by atoms with E-state index in [1.54, 1.807) is 9.80 Å². The zero-order valence-electron chi connectivity index (χ0n) is 34.8.